The number of nitrogens with two attached hydrogens (primary N) is 1. The van der Waals surface area contributed by atoms with Gasteiger partial charge in [-0.25, -0.2) is 4.79 Å². The molecule has 0 aliphatic heterocycles. The molecule has 0 aliphatic rings. The van der Waals surface area contributed by atoms with Gasteiger partial charge in [-0.1, -0.05) is 11.6 Å². The molecule has 4 N–H and O–H groups in total. The van der Waals surface area contributed by atoms with Crippen molar-refractivity contribution in [2.45, 2.75) is 6.92 Å². The fourth-order valence-corrected chi connectivity index (χ4v) is 1.60. The lowest BCUT2D eigenvalue weighted by molar-refractivity contribution is -0.127. The maximum absolute atomic E-state index is 11.7. The van der Waals surface area contributed by atoms with E-state index in [9.17, 15) is 14.4 Å². The predicted octanol–water partition coefficient (Wildman–Crippen LogP) is 0.331. The van der Waals surface area contributed by atoms with Crippen molar-refractivity contribution in [1.29, 1.82) is 0 Å². The van der Waals surface area contributed by atoms with Gasteiger partial charge in [0.25, 0.3) is 5.91 Å². The van der Waals surface area contributed by atoms with E-state index in [1.165, 1.54) is 18.2 Å². The normalized spacial score (nSPS) is 9.81. The third kappa shape index (κ3) is 5.70. The van der Waals surface area contributed by atoms with Gasteiger partial charge < -0.3 is 21.1 Å². The van der Waals surface area contributed by atoms with E-state index >= 15 is 0 Å². The maximum Gasteiger partial charge on any atom is 0.340 e. The lowest BCUT2D eigenvalue weighted by Crippen LogP contribution is -2.38. The molecule has 1 aromatic carbocycles. The van der Waals surface area contributed by atoms with Crippen molar-refractivity contribution in [3.8, 4) is 0 Å². The highest BCUT2D eigenvalue weighted by Crippen LogP contribution is 2.18. The van der Waals surface area contributed by atoms with Crippen LogP contribution < -0.4 is 16.4 Å². The van der Waals surface area contributed by atoms with Crippen molar-refractivity contribution in [3.63, 3.8) is 0 Å². The largest absolute Gasteiger partial charge is 0.452 e. The number of benzene rings is 1. The van der Waals surface area contributed by atoms with Gasteiger partial charge in [-0.05, 0) is 25.1 Å². The molecule has 0 radical (unpaired) electrons. The van der Waals surface area contributed by atoms with Crippen LogP contribution in [-0.2, 0) is 14.3 Å². The van der Waals surface area contributed by atoms with E-state index in [0.29, 0.717) is 11.6 Å². The molecular weight excluding hydrogens is 298 g/mol. The third-order valence-corrected chi connectivity index (χ3v) is 2.62. The van der Waals surface area contributed by atoms with Crippen molar-refractivity contribution in [1.82, 2.24) is 10.6 Å². The van der Waals surface area contributed by atoms with Gasteiger partial charge in [0.15, 0.2) is 6.61 Å². The second-order valence-corrected chi connectivity index (χ2v) is 4.47. The zero-order chi connectivity index (χ0) is 15.8. The van der Waals surface area contributed by atoms with Gasteiger partial charge in [0.05, 0.1) is 12.1 Å². The quantitative estimate of drug-likeness (QED) is 0.518. The summed E-state index contributed by atoms with van der Waals surface area (Å²) in [7, 11) is 0. The summed E-state index contributed by atoms with van der Waals surface area (Å²) >= 11 is 5.71. The van der Waals surface area contributed by atoms with Gasteiger partial charge >= 0.3 is 5.97 Å². The molecule has 7 nitrogen and oxygen atoms in total. The molecule has 0 bridgehead atoms. The van der Waals surface area contributed by atoms with Crippen LogP contribution in [0.4, 0.5) is 5.69 Å². The molecule has 0 saturated carbocycles. The second-order valence-electron chi connectivity index (χ2n) is 4.04. The van der Waals surface area contributed by atoms with Crippen LogP contribution in [0.5, 0.6) is 0 Å². The SMILES string of the molecule is CCNC(=O)CNC(=O)COC(=O)c1ccc(Cl)cc1N. The minimum Gasteiger partial charge on any atom is -0.452 e. The predicted molar refractivity (Wildman–Crippen MR) is 77.8 cm³/mol. The van der Waals surface area contributed by atoms with Crippen molar-refractivity contribution >= 4 is 35.1 Å². The zero-order valence-corrected chi connectivity index (χ0v) is 12.2. The van der Waals surface area contributed by atoms with Gasteiger partial charge in [-0.15, -0.1) is 0 Å². The van der Waals surface area contributed by atoms with Crippen LogP contribution in [0.25, 0.3) is 0 Å². The van der Waals surface area contributed by atoms with Crippen LogP contribution in [0.2, 0.25) is 5.02 Å². The number of nitrogen functional groups attached to an aromatic ring is 1. The van der Waals surface area contributed by atoms with E-state index < -0.39 is 18.5 Å². The molecule has 8 heteroatoms. The molecule has 0 heterocycles. The van der Waals surface area contributed by atoms with Gasteiger partial charge in [0, 0.05) is 17.3 Å². The number of halogens is 1. The summed E-state index contributed by atoms with van der Waals surface area (Å²) in [6, 6.07) is 4.31. The zero-order valence-electron chi connectivity index (χ0n) is 11.4. The topological polar surface area (TPSA) is 111 Å². The highest BCUT2D eigenvalue weighted by Gasteiger charge is 2.13. The van der Waals surface area contributed by atoms with Crippen molar-refractivity contribution in [2.75, 3.05) is 25.4 Å². The Morgan fingerprint density at radius 3 is 2.57 bits per heavy atom. The minimum atomic E-state index is -0.739. The molecule has 0 unspecified atom stereocenters. The van der Waals surface area contributed by atoms with Crippen LogP contribution in [0.15, 0.2) is 18.2 Å². The van der Waals surface area contributed by atoms with E-state index in [0.717, 1.165) is 0 Å². The number of amides is 2. The number of rotatable bonds is 6. The Balaban J connectivity index is 2.42. The van der Waals surface area contributed by atoms with Gasteiger partial charge in [-0.2, -0.15) is 0 Å². The van der Waals surface area contributed by atoms with Gasteiger partial charge in [0.2, 0.25) is 5.91 Å². The maximum atomic E-state index is 11.7. The lowest BCUT2D eigenvalue weighted by atomic mass is 10.2. The summed E-state index contributed by atoms with van der Waals surface area (Å²) in [6.45, 7) is 1.56. The first-order chi connectivity index (χ1) is 9.93. The molecule has 0 atom stereocenters. The summed E-state index contributed by atoms with van der Waals surface area (Å²) in [4.78, 5) is 34.2. The molecule has 21 heavy (non-hydrogen) atoms. The Labute approximate surface area is 126 Å². The summed E-state index contributed by atoms with van der Waals surface area (Å²) in [5.41, 5.74) is 5.91. The van der Waals surface area contributed by atoms with E-state index in [1.54, 1.807) is 6.92 Å². The summed E-state index contributed by atoms with van der Waals surface area (Å²) in [6.07, 6.45) is 0. The van der Waals surface area contributed by atoms with Crippen LogP contribution in [0.3, 0.4) is 0 Å². The molecule has 0 aromatic heterocycles. The Morgan fingerprint density at radius 2 is 1.95 bits per heavy atom. The average molecular weight is 314 g/mol. The highest BCUT2D eigenvalue weighted by atomic mass is 35.5. The van der Waals surface area contributed by atoms with Crippen molar-refractivity contribution in [2.24, 2.45) is 0 Å². The van der Waals surface area contributed by atoms with E-state index in [2.05, 4.69) is 10.6 Å². The van der Waals surface area contributed by atoms with Crippen LogP contribution >= 0.6 is 11.6 Å². The van der Waals surface area contributed by atoms with Crippen molar-refractivity contribution in [3.05, 3.63) is 28.8 Å². The number of carbonyl (C=O) groups is 3. The number of likely N-dealkylation sites (N-methyl/N-ethyl adjacent to an activating group) is 1. The molecule has 0 aliphatic carbocycles. The van der Waals surface area contributed by atoms with E-state index in [-0.39, 0.29) is 23.7 Å². The number of anilines is 1. The van der Waals surface area contributed by atoms with Crippen molar-refractivity contribution < 1.29 is 19.1 Å². The molecule has 114 valence electrons. The molecule has 1 aromatic rings. The van der Waals surface area contributed by atoms with Crippen LogP contribution in [0, 0.1) is 0 Å². The fraction of sp³-hybridized carbons (Fsp3) is 0.308. The Morgan fingerprint density at radius 1 is 1.24 bits per heavy atom. The molecule has 1 rings (SSSR count). The Kier molecular flexibility index (Phi) is 6.48. The van der Waals surface area contributed by atoms with Crippen LogP contribution in [0.1, 0.15) is 17.3 Å². The third-order valence-electron chi connectivity index (χ3n) is 2.39. The molecule has 0 saturated heterocycles. The first-order valence-electron chi connectivity index (χ1n) is 6.19. The van der Waals surface area contributed by atoms with E-state index in [4.69, 9.17) is 22.1 Å². The number of hydrogen-bond acceptors (Lipinski definition) is 5. The first-order valence-corrected chi connectivity index (χ1v) is 6.57. The van der Waals surface area contributed by atoms with E-state index in [1.807, 2.05) is 0 Å². The minimum absolute atomic E-state index is 0.121. The smallest absolute Gasteiger partial charge is 0.340 e. The molecule has 0 fully saturated rings. The average Bonchev–Trinajstić information content (AvgIpc) is 2.43. The standard InChI is InChI=1S/C13H16ClN3O4/c1-2-16-11(18)6-17-12(19)7-21-13(20)9-4-3-8(14)5-10(9)15/h3-5H,2,6-7,15H2,1H3,(H,16,18)(H,17,19). The number of hydrogen-bond donors (Lipinski definition) is 3. The van der Waals surface area contributed by atoms with Gasteiger partial charge in [0.1, 0.15) is 0 Å². The summed E-state index contributed by atoms with van der Waals surface area (Å²) < 4.78 is 4.80. The summed E-state index contributed by atoms with van der Waals surface area (Å²) in [5.74, 6) is -1.64. The monoisotopic (exact) mass is 313 g/mol. The first kappa shape index (κ1) is 16.8. The molecule has 0 spiro atoms. The number of carbonyl (C=O) groups excluding carboxylic acids is 3. The Hall–Kier alpha value is -2.28. The van der Waals surface area contributed by atoms with Gasteiger partial charge in [-0.3, -0.25) is 9.59 Å². The lowest BCUT2D eigenvalue weighted by Gasteiger charge is -2.08. The highest BCUT2D eigenvalue weighted by molar-refractivity contribution is 6.31. The number of ether oxygens (including phenoxy) is 1. The number of nitrogens with one attached hydrogen (secondary N) is 2. The molecule has 2 amide bonds. The Bertz CT molecular complexity index is 548. The van der Waals surface area contributed by atoms with Crippen LogP contribution in [-0.4, -0.2) is 37.5 Å². The fourth-order valence-electron chi connectivity index (χ4n) is 1.42. The molecular formula is C13H16ClN3O4. The second kappa shape index (κ2) is 8.11. The number of esters is 1. The summed E-state index contributed by atoms with van der Waals surface area (Å²) in [5, 5.41) is 5.22.